The Balaban J connectivity index is 2.97. The third-order valence-corrected chi connectivity index (χ3v) is 3.83. The first-order chi connectivity index (χ1) is 7.35. The van der Waals surface area contributed by atoms with Gasteiger partial charge in [0.15, 0.2) is 0 Å². The standard InChI is InChI=1S/C10H16N2O3S/c1-7-4-8(2)11-10(5-7)12-16(14,15)9(3)6-13/h4-5,9,13H,6H2,1-3H3,(H,11,12). The van der Waals surface area contributed by atoms with Gasteiger partial charge in [-0.3, -0.25) is 4.72 Å². The summed E-state index contributed by atoms with van der Waals surface area (Å²) in [5.41, 5.74) is 1.68. The molecule has 16 heavy (non-hydrogen) atoms. The van der Waals surface area contributed by atoms with Crippen LogP contribution in [0.3, 0.4) is 0 Å². The Morgan fingerprint density at radius 1 is 1.44 bits per heavy atom. The molecule has 0 aromatic carbocycles. The van der Waals surface area contributed by atoms with Crippen molar-refractivity contribution in [2.24, 2.45) is 0 Å². The Labute approximate surface area is 95.6 Å². The second-order valence-electron chi connectivity index (χ2n) is 3.81. The van der Waals surface area contributed by atoms with Crippen molar-refractivity contribution in [3.05, 3.63) is 23.4 Å². The monoisotopic (exact) mass is 244 g/mol. The quantitative estimate of drug-likeness (QED) is 0.822. The normalized spacial score (nSPS) is 13.5. The van der Waals surface area contributed by atoms with Crippen LogP contribution in [0.25, 0.3) is 0 Å². The maximum absolute atomic E-state index is 11.6. The number of aliphatic hydroxyl groups excluding tert-OH is 1. The van der Waals surface area contributed by atoms with Crippen molar-refractivity contribution in [3.63, 3.8) is 0 Å². The molecule has 0 spiro atoms. The van der Waals surface area contributed by atoms with Crippen molar-refractivity contribution in [2.75, 3.05) is 11.3 Å². The number of hydrogen-bond donors (Lipinski definition) is 2. The molecule has 0 amide bonds. The minimum Gasteiger partial charge on any atom is -0.395 e. The molecule has 0 saturated heterocycles. The van der Waals surface area contributed by atoms with Gasteiger partial charge in [-0.1, -0.05) is 0 Å². The van der Waals surface area contributed by atoms with Crippen LogP contribution in [0.15, 0.2) is 12.1 Å². The molecule has 0 fully saturated rings. The van der Waals surface area contributed by atoms with Gasteiger partial charge in [-0.15, -0.1) is 0 Å². The highest BCUT2D eigenvalue weighted by Gasteiger charge is 2.20. The molecule has 1 rings (SSSR count). The fourth-order valence-electron chi connectivity index (χ4n) is 1.24. The van der Waals surface area contributed by atoms with Crippen LogP contribution in [0.2, 0.25) is 0 Å². The molecule has 90 valence electrons. The van der Waals surface area contributed by atoms with E-state index in [4.69, 9.17) is 5.11 Å². The Morgan fingerprint density at radius 3 is 2.56 bits per heavy atom. The van der Waals surface area contributed by atoms with Gasteiger partial charge in [0.2, 0.25) is 10.0 Å². The van der Waals surface area contributed by atoms with Gasteiger partial charge in [-0.2, -0.15) is 0 Å². The molecule has 0 aliphatic heterocycles. The molecule has 0 radical (unpaired) electrons. The zero-order valence-corrected chi connectivity index (χ0v) is 10.4. The number of aromatic nitrogens is 1. The van der Waals surface area contributed by atoms with Crippen LogP contribution in [0.1, 0.15) is 18.2 Å². The summed E-state index contributed by atoms with van der Waals surface area (Å²) in [5, 5.41) is 7.97. The Kier molecular flexibility index (Phi) is 3.88. The van der Waals surface area contributed by atoms with Crippen LogP contribution < -0.4 is 4.72 Å². The fourth-order valence-corrected chi connectivity index (χ4v) is 2.03. The van der Waals surface area contributed by atoms with Gasteiger partial charge in [0.05, 0.1) is 6.61 Å². The van der Waals surface area contributed by atoms with Crippen LogP contribution in [0.5, 0.6) is 0 Å². The summed E-state index contributed by atoms with van der Waals surface area (Å²) in [6.07, 6.45) is 0. The van der Waals surface area contributed by atoms with Crippen molar-refractivity contribution in [1.82, 2.24) is 4.98 Å². The Hall–Kier alpha value is -1.14. The van der Waals surface area contributed by atoms with E-state index >= 15 is 0 Å². The number of nitrogens with zero attached hydrogens (tertiary/aromatic N) is 1. The van der Waals surface area contributed by atoms with E-state index in [0.717, 1.165) is 11.3 Å². The van der Waals surface area contributed by atoms with E-state index < -0.39 is 21.9 Å². The van der Waals surface area contributed by atoms with Gasteiger partial charge in [0, 0.05) is 5.69 Å². The first kappa shape index (κ1) is 12.9. The summed E-state index contributed by atoms with van der Waals surface area (Å²) >= 11 is 0. The number of rotatable bonds is 4. The SMILES string of the molecule is Cc1cc(C)nc(NS(=O)(=O)C(C)CO)c1. The molecule has 1 heterocycles. The number of nitrogens with one attached hydrogen (secondary N) is 1. The number of sulfonamides is 1. The predicted molar refractivity (Wildman–Crippen MR) is 62.8 cm³/mol. The summed E-state index contributed by atoms with van der Waals surface area (Å²) in [6.45, 7) is 4.67. The van der Waals surface area contributed by atoms with E-state index in [1.54, 1.807) is 13.0 Å². The Morgan fingerprint density at radius 2 is 2.06 bits per heavy atom. The predicted octanol–water partition coefficient (Wildman–Crippen LogP) is 0.821. The first-order valence-corrected chi connectivity index (χ1v) is 6.47. The van der Waals surface area contributed by atoms with E-state index in [0.29, 0.717) is 0 Å². The molecule has 1 aromatic heterocycles. The maximum atomic E-state index is 11.6. The molecule has 2 N–H and O–H groups in total. The molecule has 1 atom stereocenters. The van der Waals surface area contributed by atoms with Gasteiger partial charge >= 0.3 is 0 Å². The van der Waals surface area contributed by atoms with Gasteiger partial charge < -0.3 is 5.11 Å². The largest absolute Gasteiger partial charge is 0.395 e. The maximum Gasteiger partial charge on any atom is 0.238 e. The van der Waals surface area contributed by atoms with Gasteiger partial charge in [0.1, 0.15) is 11.1 Å². The highest BCUT2D eigenvalue weighted by Crippen LogP contribution is 2.12. The molecule has 0 bridgehead atoms. The summed E-state index contributed by atoms with van der Waals surface area (Å²) in [7, 11) is -3.56. The van der Waals surface area contributed by atoms with Gasteiger partial charge in [-0.25, -0.2) is 13.4 Å². The van der Waals surface area contributed by atoms with Crippen LogP contribution in [0, 0.1) is 13.8 Å². The van der Waals surface area contributed by atoms with Crippen LogP contribution >= 0.6 is 0 Å². The minimum absolute atomic E-state index is 0.290. The third kappa shape index (κ3) is 3.18. The van der Waals surface area contributed by atoms with Crippen LogP contribution in [-0.2, 0) is 10.0 Å². The fraction of sp³-hybridized carbons (Fsp3) is 0.500. The summed E-state index contributed by atoms with van der Waals surface area (Å²) in [4.78, 5) is 4.06. The smallest absolute Gasteiger partial charge is 0.238 e. The van der Waals surface area contributed by atoms with Crippen molar-refractivity contribution >= 4 is 15.8 Å². The first-order valence-electron chi connectivity index (χ1n) is 4.93. The molecule has 1 aromatic rings. The van der Waals surface area contributed by atoms with Gasteiger partial charge in [0.25, 0.3) is 0 Å². The number of aryl methyl sites for hydroxylation is 2. The summed E-state index contributed by atoms with van der Waals surface area (Å²) in [6, 6.07) is 3.50. The lowest BCUT2D eigenvalue weighted by atomic mass is 10.2. The number of hydrogen-bond acceptors (Lipinski definition) is 4. The lowest BCUT2D eigenvalue weighted by Crippen LogP contribution is -2.28. The van der Waals surface area contributed by atoms with Crippen molar-refractivity contribution in [2.45, 2.75) is 26.0 Å². The number of anilines is 1. The molecule has 0 aliphatic rings. The summed E-state index contributed by atoms with van der Waals surface area (Å²) in [5.74, 6) is 0.290. The number of pyridine rings is 1. The molecule has 5 nitrogen and oxygen atoms in total. The van der Waals surface area contributed by atoms with E-state index in [1.807, 2.05) is 13.0 Å². The van der Waals surface area contributed by atoms with E-state index in [2.05, 4.69) is 9.71 Å². The minimum atomic E-state index is -3.56. The van der Waals surface area contributed by atoms with Crippen molar-refractivity contribution in [1.29, 1.82) is 0 Å². The second-order valence-corrected chi connectivity index (χ2v) is 5.91. The molecule has 6 heteroatoms. The lowest BCUT2D eigenvalue weighted by molar-refractivity contribution is 0.296. The molecule has 1 unspecified atom stereocenters. The molecule has 0 aliphatic carbocycles. The topological polar surface area (TPSA) is 79.3 Å². The van der Waals surface area contributed by atoms with Crippen LogP contribution in [-0.4, -0.2) is 30.4 Å². The third-order valence-electron chi connectivity index (χ3n) is 2.13. The molecule has 0 saturated carbocycles. The zero-order chi connectivity index (χ0) is 12.3. The highest BCUT2D eigenvalue weighted by atomic mass is 32.2. The molecular weight excluding hydrogens is 228 g/mol. The highest BCUT2D eigenvalue weighted by molar-refractivity contribution is 7.93. The van der Waals surface area contributed by atoms with E-state index in [1.165, 1.54) is 6.92 Å². The average Bonchev–Trinajstić information content (AvgIpc) is 2.13. The van der Waals surface area contributed by atoms with Gasteiger partial charge in [-0.05, 0) is 38.5 Å². The zero-order valence-electron chi connectivity index (χ0n) is 9.56. The van der Waals surface area contributed by atoms with Crippen LogP contribution in [0.4, 0.5) is 5.82 Å². The van der Waals surface area contributed by atoms with Crippen molar-refractivity contribution < 1.29 is 13.5 Å². The number of aliphatic hydroxyl groups is 1. The average molecular weight is 244 g/mol. The second kappa shape index (κ2) is 4.80. The van der Waals surface area contributed by atoms with E-state index in [-0.39, 0.29) is 5.82 Å². The lowest BCUT2D eigenvalue weighted by Gasteiger charge is -2.12. The molecular formula is C10H16N2O3S. The summed E-state index contributed by atoms with van der Waals surface area (Å²) < 4.78 is 25.6. The van der Waals surface area contributed by atoms with E-state index in [9.17, 15) is 8.42 Å². The Bertz CT molecular complexity index is 451. The van der Waals surface area contributed by atoms with Crippen molar-refractivity contribution in [3.8, 4) is 0 Å².